The van der Waals surface area contributed by atoms with Crippen LogP contribution in [-0.2, 0) is 17.8 Å². The minimum Gasteiger partial charge on any atom is -0.331 e. The number of carbonyl (C=O) groups excluding carboxylic acids is 1. The molecule has 0 radical (unpaired) electrons. The fourth-order valence-corrected chi connectivity index (χ4v) is 5.62. The topological polar surface area (TPSA) is 55.2 Å². The monoisotopic (exact) mass is 421 g/mol. The summed E-state index contributed by atoms with van der Waals surface area (Å²) < 4.78 is 1.55. The lowest BCUT2D eigenvalue weighted by atomic mass is 9.93. The molecule has 0 saturated carbocycles. The molecule has 0 bridgehead atoms. The van der Waals surface area contributed by atoms with Crippen molar-refractivity contribution in [1.29, 1.82) is 0 Å². The summed E-state index contributed by atoms with van der Waals surface area (Å²) in [5.74, 6) is 0.0630. The van der Waals surface area contributed by atoms with Crippen LogP contribution in [-0.4, -0.2) is 26.9 Å². The number of nitrogens with zero attached hydrogens (tertiary/aromatic N) is 3. The Kier molecular flexibility index (Phi) is 4.77. The summed E-state index contributed by atoms with van der Waals surface area (Å²) in [4.78, 5) is 34.2. The molecule has 146 valence electrons. The highest BCUT2D eigenvalue weighted by atomic mass is 32.1. The molecule has 5 rings (SSSR count). The van der Waals surface area contributed by atoms with E-state index in [-0.39, 0.29) is 23.9 Å². The van der Waals surface area contributed by atoms with E-state index in [0.717, 1.165) is 16.8 Å². The molecular weight excluding hydrogens is 402 g/mol. The summed E-state index contributed by atoms with van der Waals surface area (Å²) in [5.41, 5.74) is 2.26. The number of rotatable bonds is 4. The number of amides is 1. The number of hydrogen-bond acceptors (Lipinski definition) is 5. The van der Waals surface area contributed by atoms with Gasteiger partial charge in [-0.3, -0.25) is 14.2 Å². The molecule has 0 saturated heterocycles. The summed E-state index contributed by atoms with van der Waals surface area (Å²) in [6, 6.07) is 14.0. The first kappa shape index (κ1) is 18.3. The molecule has 3 aromatic heterocycles. The molecule has 0 aliphatic carbocycles. The molecule has 0 unspecified atom stereocenters. The zero-order chi connectivity index (χ0) is 19.8. The maximum Gasteiger partial charge on any atom is 0.262 e. The van der Waals surface area contributed by atoms with E-state index < -0.39 is 0 Å². The standard InChI is InChI=1S/C22H19N3O2S2/c26-19(7-10-24-14-23-21-17(22(24)27)9-13-29-21)25-11-6-18-16(8-12-28-18)20(25)15-4-2-1-3-5-15/h1-5,8-9,12-14,20H,6-7,10-11H2/t20-/m0/s1. The van der Waals surface area contributed by atoms with Crippen molar-refractivity contribution in [3.63, 3.8) is 0 Å². The van der Waals surface area contributed by atoms with Gasteiger partial charge in [0.2, 0.25) is 5.91 Å². The molecule has 1 amide bonds. The van der Waals surface area contributed by atoms with E-state index in [4.69, 9.17) is 0 Å². The van der Waals surface area contributed by atoms with Crippen LogP contribution in [0.15, 0.2) is 64.3 Å². The number of hydrogen-bond donors (Lipinski definition) is 0. The van der Waals surface area contributed by atoms with Crippen LogP contribution in [0.1, 0.15) is 28.5 Å². The van der Waals surface area contributed by atoms with Gasteiger partial charge < -0.3 is 4.90 Å². The molecule has 1 atom stereocenters. The first-order valence-corrected chi connectivity index (χ1v) is 11.3. The van der Waals surface area contributed by atoms with Crippen molar-refractivity contribution >= 4 is 38.8 Å². The van der Waals surface area contributed by atoms with E-state index in [1.807, 2.05) is 28.5 Å². The minimum absolute atomic E-state index is 0.0621. The molecule has 7 heteroatoms. The number of thiophene rings is 2. The summed E-state index contributed by atoms with van der Waals surface area (Å²) in [6.45, 7) is 1.04. The van der Waals surface area contributed by atoms with Gasteiger partial charge in [-0.05, 0) is 40.4 Å². The van der Waals surface area contributed by atoms with Gasteiger partial charge in [0.05, 0.1) is 17.8 Å². The zero-order valence-corrected chi connectivity index (χ0v) is 17.3. The lowest BCUT2D eigenvalue weighted by Gasteiger charge is -2.36. The van der Waals surface area contributed by atoms with E-state index in [9.17, 15) is 9.59 Å². The summed E-state index contributed by atoms with van der Waals surface area (Å²) in [5, 5.41) is 4.59. The highest BCUT2D eigenvalue weighted by Crippen LogP contribution is 2.38. The van der Waals surface area contributed by atoms with E-state index in [1.54, 1.807) is 28.3 Å². The molecule has 5 nitrogen and oxygen atoms in total. The van der Waals surface area contributed by atoms with Gasteiger partial charge >= 0.3 is 0 Å². The van der Waals surface area contributed by atoms with E-state index >= 15 is 0 Å². The van der Waals surface area contributed by atoms with Crippen LogP contribution in [0, 0.1) is 0 Å². The van der Waals surface area contributed by atoms with Crippen LogP contribution >= 0.6 is 22.7 Å². The predicted molar refractivity (Wildman–Crippen MR) is 117 cm³/mol. The Morgan fingerprint density at radius 1 is 1.10 bits per heavy atom. The fraction of sp³-hybridized carbons (Fsp3) is 0.227. The number of fused-ring (bicyclic) bond motifs is 2. The molecule has 0 fully saturated rings. The Balaban J connectivity index is 1.40. The van der Waals surface area contributed by atoms with Gasteiger partial charge in [0, 0.05) is 24.4 Å². The van der Waals surface area contributed by atoms with Crippen molar-refractivity contribution in [1.82, 2.24) is 14.5 Å². The van der Waals surface area contributed by atoms with Crippen LogP contribution in [0.2, 0.25) is 0 Å². The molecule has 1 aromatic carbocycles. The molecule has 4 aromatic rings. The SMILES string of the molecule is O=C(CCn1cnc2sccc2c1=O)N1CCc2sccc2[C@@H]1c1ccccc1. The average molecular weight is 422 g/mol. The first-order chi connectivity index (χ1) is 14.2. The van der Waals surface area contributed by atoms with E-state index in [1.165, 1.54) is 21.8 Å². The van der Waals surface area contributed by atoms with Gasteiger partial charge in [-0.25, -0.2) is 4.98 Å². The second kappa shape index (κ2) is 7.57. The van der Waals surface area contributed by atoms with Gasteiger partial charge in [0.1, 0.15) is 4.83 Å². The molecule has 4 heterocycles. The van der Waals surface area contributed by atoms with Gasteiger partial charge in [-0.1, -0.05) is 30.3 Å². The van der Waals surface area contributed by atoms with Gasteiger partial charge in [-0.2, -0.15) is 0 Å². The van der Waals surface area contributed by atoms with Crippen molar-refractivity contribution in [3.8, 4) is 0 Å². The number of carbonyl (C=O) groups is 1. The number of aryl methyl sites for hydroxylation is 1. The zero-order valence-electron chi connectivity index (χ0n) is 15.7. The minimum atomic E-state index is -0.0811. The first-order valence-electron chi connectivity index (χ1n) is 9.55. The smallest absolute Gasteiger partial charge is 0.262 e. The fourth-order valence-electron chi connectivity index (χ4n) is 3.99. The third-order valence-corrected chi connectivity index (χ3v) is 7.24. The van der Waals surface area contributed by atoms with Crippen molar-refractivity contribution in [3.05, 3.63) is 85.9 Å². The second-order valence-electron chi connectivity index (χ2n) is 7.08. The lowest BCUT2D eigenvalue weighted by molar-refractivity contribution is -0.133. The van der Waals surface area contributed by atoms with Crippen LogP contribution < -0.4 is 5.56 Å². The Morgan fingerprint density at radius 2 is 1.93 bits per heavy atom. The Labute approximate surface area is 175 Å². The third-order valence-electron chi connectivity index (χ3n) is 5.42. The second-order valence-corrected chi connectivity index (χ2v) is 8.98. The van der Waals surface area contributed by atoms with Crippen LogP contribution in [0.5, 0.6) is 0 Å². The van der Waals surface area contributed by atoms with Gasteiger partial charge in [-0.15, -0.1) is 22.7 Å². The summed E-state index contributed by atoms with van der Waals surface area (Å²) >= 11 is 3.21. The van der Waals surface area contributed by atoms with E-state index in [2.05, 4.69) is 28.6 Å². The molecular formula is C22H19N3O2S2. The molecule has 29 heavy (non-hydrogen) atoms. The third kappa shape index (κ3) is 3.30. The highest BCUT2D eigenvalue weighted by molar-refractivity contribution is 7.16. The Hall–Kier alpha value is -2.77. The van der Waals surface area contributed by atoms with Gasteiger partial charge in [0.25, 0.3) is 5.56 Å². The van der Waals surface area contributed by atoms with Crippen molar-refractivity contribution < 1.29 is 4.79 Å². The maximum absolute atomic E-state index is 13.2. The van der Waals surface area contributed by atoms with Crippen molar-refractivity contribution in [2.45, 2.75) is 25.4 Å². The Bertz CT molecular complexity index is 1230. The van der Waals surface area contributed by atoms with Crippen LogP contribution in [0.25, 0.3) is 10.2 Å². The largest absolute Gasteiger partial charge is 0.331 e. The van der Waals surface area contributed by atoms with Crippen LogP contribution in [0.4, 0.5) is 0 Å². The van der Waals surface area contributed by atoms with Gasteiger partial charge in [0.15, 0.2) is 0 Å². The molecule has 0 N–H and O–H groups in total. The van der Waals surface area contributed by atoms with Crippen LogP contribution in [0.3, 0.4) is 0 Å². The van der Waals surface area contributed by atoms with E-state index in [0.29, 0.717) is 18.5 Å². The van der Waals surface area contributed by atoms with Crippen molar-refractivity contribution in [2.75, 3.05) is 6.54 Å². The highest BCUT2D eigenvalue weighted by Gasteiger charge is 2.32. The molecule has 0 spiro atoms. The molecule has 1 aliphatic rings. The Morgan fingerprint density at radius 3 is 2.79 bits per heavy atom. The average Bonchev–Trinajstić information content (AvgIpc) is 3.42. The molecule has 1 aliphatic heterocycles. The number of benzene rings is 1. The summed E-state index contributed by atoms with van der Waals surface area (Å²) in [6.07, 6.45) is 2.71. The predicted octanol–water partition coefficient (Wildman–Crippen LogP) is 4.08. The van der Waals surface area contributed by atoms with Crippen molar-refractivity contribution in [2.24, 2.45) is 0 Å². The lowest BCUT2D eigenvalue weighted by Crippen LogP contribution is -2.40. The number of aromatic nitrogens is 2. The normalized spacial score (nSPS) is 16.1. The quantitative estimate of drug-likeness (QED) is 0.499. The summed E-state index contributed by atoms with van der Waals surface area (Å²) in [7, 11) is 0. The maximum atomic E-state index is 13.2.